The summed E-state index contributed by atoms with van der Waals surface area (Å²) in [5.74, 6) is -0.999. The molecule has 0 aliphatic carbocycles. The number of allylic oxidation sites excluding steroid dienone is 1. The third kappa shape index (κ3) is 7.24. The number of carbonyl (C=O) groups is 2. The normalized spacial score (nSPS) is 18.8. The zero-order valence-corrected chi connectivity index (χ0v) is 14.4. The zero-order valence-electron chi connectivity index (χ0n) is 14.4. The summed E-state index contributed by atoms with van der Waals surface area (Å²) < 4.78 is 4.73. The number of carbonyl (C=O) groups excluding carboxylic acids is 2. The van der Waals surface area contributed by atoms with E-state index in [1.54, 1.807) is 0 Å². The topological polar surface area (TPSA) is 43.4 Å². The Hall–Kier alpha value is -1.12. The van der Waals surface area contributed by atoms with Crippen LogP contribution in [0, 0.1) is 5.92 Å². The van der Waals surface area contributed by atoms with Crippen molar-refractivity contribution in [3.8, 4) is 0 Å². The average Bonchev–Trinajstić information content (AvgIpc) is 2.83. The Morgan fingerprint density at radius 1 is 1.00 bits per heavy atom. The summed E-state index contributed by atoms with van der Waals surface area (Å²) in [5.41, 5.74) is 1.14. The van der Waals surface area contributed by atoms with E-state index in [1.807, 2.05) is 0 Å². The molecular formula is C19H32O3. The molecule has 0 N–H and O–H groups in total. The van der Waals surface area contributed by atoms with E-state index in [4.69, 9.17) is 4.74 Å². The fourth-order valence-electron chi connectivity index (χ4n) is 2.97. The molecule has 1 heterocycles. The number of rotatable bonds is 12. The fraction of sp³-hybridized carbons (Fsp3) is 0.789. The van der Waals surface area contributed by atoms with Gasteiger partial charge in [0.2, 0.25) is 0 Å². The lowest BCUT2D eigenvalue weighted by Crippen LogP contribution is -2.11. The van der Waals surface area contributed by atoms with Gasteiger partial charge in [-0.2, -0.15) is 0 Å². The van der Waals surface area contributed by atoms with Crippen LogP contribution in [0.25, 0.3) is 0 Å². The molecule has 1 rings (SSSR count). The predicted octanol–water partition coefficient (Wildman–Crippen LogP) is 5.33. The summed E-state index contributed by atoms with van der Waals surface area (Å²) in [7, 11) is 0. The van der Waals surface area contributed by atoms with Crippen LogP contribution in [0.2, 0.25) is 0 Å². The molecular weight excluding hydrogens is 276 g/mol. The van der Waals surface area contributed by atoms with Gasteiger partial charge in [-0.25, -0.2) is 0 Å². The molecule has 0 aromatic rings. The number of hydrogen-bond donors (Lipinski definition) is 0. The molecule has 0 bridgehead atoms. The van der Waals surface area contributed by atoms with E-state index in [1.165, 1.54) is 51.4 Å². The second-order valence-electron chi connectivity index (χ2n) is 6.34. The molecule has 3 heteroatoms. The van der Waals surface area contributed by atoms with Crippen LogP contribution in [-0.2, 0) is 14.3 Å². The van der Waals surface area contributed by atoms with Crippen LogP contribution in [0.5, 0.6) is 0 Å². The monoisotopic (exact) mass is 308 g/mol. The van der Waals surface area contributed by atoms with Gasteiger partial charge in [-0.15, -0.1) is 0 Å². The van der Waals surface area contributed by atoms with Gasteiger partial charge in [-0.3, -0.25) is 9.59 Å². The number of unbranched alkanes of at least 4 members (excludes halogenated alkanes) is 8. The Balaban J connectivity index is 2.47. The maximum atomic E-state index is 11.8. The van der Waals surface area contributed by atoms with Gasteiger partial charge in [0, 0.05) is 0 Å². The van der Waals surface area contributed by atoms with Crippen LogP contribution >= 0.6 is 0 Å². The summed E-state index contributed by atoms with van der Waals surface area (Å²) in [6.07, 6.45) is 15.4. The number of cyclic esters (lactones) is 2. The van der Waals surface area contributed by atoms with Crippen LogP contribution in [0.3, 0.4) is 0 Å². The minimum absolute atomic E-state index is 0.245. The van der Waals surface area contributed by atoms with E-state index < -0.39 is 0 Å². The Kier molecular flexibility index (Phi) is 9.85. The molecule has 0 saturated carbocycles. The average molecular weight is 308 g/mol. The highest BCUT2D eigenvalue weighted by Crippen LogP contribution is 2.29. The highest BCUT2D eigenvalue weighted by molar-refractivity contribution is 5.96. The fourth-order valence-corrected chi connectivity index (χ4v) is 2.97. The smallest absolute Gasteiger partial charge is 0.321 e. The van der Waals surface area contributed by atoms with E-state index in [-0.39, 0.29) is 24.3 Å². The largest absolute Gasteiger partial charge is 0.393 e. The second-order valence-corrected chi connectivity index (χ2v) is 6.34. The molecule has 1 fully saturated rings. The summed E-state index contributed by atoms with van der Waals surface area (Å²) in [6, 6.07) is 0. The quantitative estimate of drug-likeness (QED) is 0.212. The molecule has 126 valence electrons. The van der Waals surface area contributed by atoms with Crippen molar-refractivity contribution in [1.82, 2.24) is 0 Å². The van der Waals surface area contributed by atoms with Gasteiger partial charge >= 0.3 is 11.9 Å². The number of esters is 2. The Morgan fingerprint density at radius 3 is 2.23 bits per heavy atom. The molecule has 0 spiro atoms. The molecule has 0 aromatic heterocycles. The first-order valence-electron chi connectivity index (χ1n) is 9.12. The van der Waals surface area contributed by atoms with E-state index in [0.717, 1.165) is 24.8 Å². The van der Waals surface area contributed by atoms with E-state index in [2.05, 4.69) is 19.9 Å². The second kappa shape index (κ2) is 11.4. The lowest BCUT2D eigenvalue weighted by Gasteiger charge is -2.11. The van der Waals surface area contributed by atoms with Gasteiger partial charge in [-0.05, 0) is 25.7 Å². The highest BCUT2D eigenvalue weighted by Gasteiger charge is 2.35. The standard InChI is InChI=1S/C19H32O3/c1-3-5-7-9-11-13-16(14-12-10-8-6-4-2)17-15-18(20)22-19(17)21/h13,17H,3-12,14-15H2,1-2H3/b16-13+. The Morgan fingerprint density at radius 2 is 1.64 bits per heavy atom. The van der Waals surface area contributed by atoms with Gasteiger partial charge in [0.05, 0.1) is 12.3 Å². The van der Waals surface area contributed by atoms with Gasteiger partial charge in [0.15, 0.2) is 0 Å². The molecule has 1 aliphatic heterocycles. The summed E-state index contributed by atoms with van der Waals surface area (Å²) in [5, 5.41) is 0. The van der Waals surface area contributed by atoms with Crippen molar-refractivity contribution >= 4 is 11.9 Å². The van der Waals surface area contributed by atoms with Gasteiger partial charge in [0.25, 0.3) is 0 Å². The first-order valence-corrected chi connectivity index (χ1v) is 9.12. The van der Waals surface area contributed by atoms with Crippen molar-refractivity contribution in [2.75, 3.05) is 0 Å². The third-order valence-electron chi connectivity index (χ3n) is 4.35. The highest BCUT2D eigenvalue weighted by atomic mass is 16.6. The molecule has 0 aromatic carbocycles. The lowest BCUT2D eigenvalue weighted by atomic mass is 9.91. The predicted molar refractivity (Wildman–Crippen MR) is 89.4 cm³/mol. The lowest BCUT2D eigenvalue weighted by molar-refractivity contribution is -0.152. The first-order chi connectivity index (χ1) is 10.7. The third-order valence-corrected chi connectivity index (χ3v) is 4.35. The van der Waals surface area contributed by atoms with E-state index in [0.29, 0.717) is 0 Å². The molecule has 0 radical (unpaired) electrons. The maximum Gasteiger partial charge on any atom is 0.321 e. The summed E-state index contributed by atoms with van der Waals surface area (Å²) in [4.78, 5) is 23.1. The van der Waals surface area contributed by atoms with Crippen molar-refractivity contribution in [2.24, 2.45) is 5.92 Å². The molecule has 1 atom stereocenters. The summed E-state index contributed by atoms with van der Waals surface area (Å²) >= 11 is 0. The van der Waals surface area contributed by atoms with Crippen molar-refractivity contribution in [3.05, 3.63) is 11.6 Å². The van der Waals surface area contributed by atoms with E-state index >= 15 is 0 Å². The molecule has 22 heavy (non-hydrogen) atoms. The van der Waals surface area contributed by atoms with Crippen LogP contribution in [0.4, 0.5) is 0 Å². The van der Waals surface area contributed by atoms with Crippen molar-refractivity contribution in [3.63, 3.8) is 0 Å². The van der Waals surface area contributed by atoms with Gasteiger partial charge < -0.3 is 4.74 Å². The molecule has 0 amide bonds. The van der Waals surface area contributed by atoms with Crippen molar-refractivity contribution in [2.45, 2.75) is 90.9 Å². The van der Waals surface area contributed by atoms with Crippen molar-refractivity contribution < 1.29 is 14.3 Å². The van der Waals surface area contributed by atoms with Crippen LogP contribution < -0.4 is 0 Å². The molecule has 1 saturated heterocycles. The minimum Gasteiger partial charge on any atom is -0.393 e. The van der Waals surface area contributed by atoms with Crippen molar-refractivity contribution in [1.29, 1.82) is 0 Å². The van der Waals surface area contributed by atoms with Crippen LogP contribution in [0.15, 0.2) is 11.6 Å². The zero-order chi connectivity index (χ0) is 16.2. The Labute approximate surface area is 135 Å². The molecule has 3 nitrogen and oxygen atoms in total. The maximum absolute atomic E-state index is 11.8. The molecule has 1 unspecified atom stereocenters. The van der Waals surface area contributed by atoms with E-state index in [9.17, 15) is 9.59 Å². The van der Waals surface area contributed by atoms with Gasteiger partial charge in [-0.1, -0.05) is 70.4 Å². The minimum atomic E-state index is -0.363. The molecule has 1 aliphatic rings. The van der Waals surface area contributed by atoms with Gasteiger partial charge in [0.1, 0.15) is 0 Å². The number of hydrogen-bond acceptors (Lipinski definition) is 3. The van der Waals surface area contributed by atoms with Crippen LogP contribution in [0.1, 0.15) is 90.9 Å². The first kappa shape index (κ1) is 18.9. The van der Waals surface area contributed by atoms with Crippen LogP contribution in [-0.4, -0.2) is 11.9 Å². The Bertz CT molecular complexity index is 371. The summed E-state index contributed by atoms with van der Waals surface area (Å²) in [6.45, 7) is 4.42. The number of ether oxygens (including phenoxy) is 1. The SMILES string of the molecule is CCCCCC/C=C(\CCCCCCC)C1CC(=O)OC1=O.